The molecular formula is C55H107NO4. The van der Waals surface area contributed by atoms with Gasteiger partial charge in [-0.05, 0) is 32.1 Å². The van der Waals surface area contributed by atoms with Crippen LogP contribution in [0.2, 0.25) is 0 Å². The van der Waals surface area contributed by atoms with Crippen LogP contribution in [-0.4, -0.2) is 46.1 Å². The third kappa shape index (κ3) is 46.3. The Morgan fingerprint density at radius 3 is 1.07 bits per heavy atom. The number of hydrogen-bond donors (Lipinski definition) is 4. The van der Waals surface area contributed by atoms with E-state index in [1.807, 2.05) is 6.08 Å². The lowest BCUT2D eigenvalue weighted by atomic mass is 10.0. The van der Waals surface area contributed by atoms with Crippen LogP contribution < -0.4 is 5.32 Å². The Morgan fingerprint density at radius 2 is 0.717 bits per heavy atom. The van der Waals surface area contributed by atoms with E-state index in [-0.39, 0.29) is 18.9 Å². The number of carbonyl (C=O) groups is 1. The summed E-state index contributed by atoms with van der Waals surface area (Å²) < 4.78 is 0. The summed E-state index contributed by atoms with van der Waals surface area (Å²) in [6.07, 6.45) is 63.8. The molecule has 0 saturated carbocycles. The number of aliphatic hydroxyl groups excluding tert-OH is 3. The zero-order valence-electron chi connectivity index (χ0n) is 40.6. The standard InChI is InChI=1S/C55H107NO4/c1-3-5-7-9-11-13-15-17-18-19-20-21-22-23-24-25-26-27-28-29-30-31-32-33-34-35-36-37-38-40-42-44-46-48-52(58)50-55(60)56-53(51-57)54(59)49-47-45-43-41-39-16-14-12-10-8-6-4-2/h39,41,47,49,52-54,57-59H,3-38,40,42-46,48,50-51H2,1-2H3,(H,56,60)/b41-39+,49-47+. The molecule has 0 aliphatic rings. The normalized spacial score (nSPS) is 13.5. The van der Waals surface area contributed by atoms with Crippen molar-refractivity contribution in [3.63, 3.8) is 0 Å². The lowest BCUT2D eigenvalue weighted by Crippen LogP contribution is -2.45. The second-order valence-electron chi connectivity index (χ2n) is 18.8. The summed E-state index contributed by atoms with van der Waals surface area (Å²) in [7, 11) is 0. The molecule has 5 heteroatoms. The summed E-state index contributed by atoms with van der Waals surface area (Å²) in [6.45, 7) is 4.20. The predicted molar refractivity (Wildman–Crippen MR) is 264 cm³/mol. The molecule has 0 heterocycles. The highest BCUT2D eigenvalue weighted by Crippen LogP contribution is 2.18. The maximum Gasteiger partial charge on any atom is 0.222 e. The Balaban J connectivity index is 3.46. The number of hydrogen-bond acceptors (Lipinski definition) is 4. The number of aliphatic hydroxyl groups is 3. The molecule has 0 aromatic heterocycles. The van der Waals surface area contributed by atoms with Gasteiger partial charge in [-0.15, -0.1) is 0 Å². The minimum absolute atomic E-state index is 0.00989. The van der Waals surface area contributed by atoms with Crippen molar-refractivity contribution in [2.24, 2.45) is 0 Å². The van der Waals surface area contributed by atoms with Gasteiger partial charge in [-0.3, -0.25) is 4.79 Å². The molecule has 60 heavy (non-hydrogen) atoms. The molecule has 0 spiro atoms. The third-order valence-electron chi connectivity index (χ3n) is 12.7. The minimum Gasteiger partial charge on any atom is -0.394 e. The molecule has 0 aromatic rings. The van der Waals surface area contributed by atoms with Gasteiger partial charge in [0.2, 0.25) is 5.91 Å². The van der Waals surface area contributed by atoms with E-state index in [0.717, 1.165) is 32.1 Å². The number of carbonyl (C=O) groups excluding carboxylic acids is 1. The quantitative estimate of drug-likeness (QED) is 0.0363. The van der Waals surface area contributed by atoms with Crippen LogP contribution in [0.4, 0.5) is 0 Å². The summed E-state index contributed by atoms with van der Waals surface area (Å²) in [4.78, 5) is 12.5. The van der Waals surface area contributed by atoms with Gasteiger partial charge in [0.1, 0.15) is 0 Å². The fourth-order valence-corrected chi connectivity index (χ4v) is 8.59. The molecule has 0 saturated heterocycles. The maximum absolute atomic E-state index is 12.5. The molecule has 3 atom stereocenters. The van der Waals surface area contributed by atoms with E-state index in [1.165, 1.54) is 238 Å². The molecule has 3 unspecified atom stereocenters. The molecule has 0 rings (SSSR count). The molecule has 0 aliphatic carbocycles. The summed E-state index contributed by atoms with van der Waals surface area (Å²) in [6, 6.07) is -0.757. The van der Waals surface area contributed by atoms with E-state index >= 15 is 0 Å². The average molecular weight is 846 g/mol. The zero-order valence-corrected chi connectivity index (χ0v) is 40.6. The van der Waals surface area contributed by atoms with Gasteiger partial charge in [-0.1, -0.05) is 282 Å². The van der Waals surface area contributed by atoms with Crippen molar-refractivity contribution >= 4 is 5.91 Å². The molecule has 0 bridgehead atoms. The first kappa shape index (κ1) is 58.8. The Hall–Kier alpha value is -1.17. The molecule has 1 amide bonds. The lowest BCUT2D eigenvalue weighted by Gasteiger charge is -2.21. The smallest absolute Gasteiger partial charge is 0.222 e. The van der Waals surface area contributed by atoms with Gasteiger partial charge in [0.25, 0.3) is 0 Å². The van der Waals surface area contributed by atoms with E-state index in [4.69, 9.17) is 0 Å². The van der Waals surface area contributed by atoms with Crippen molar-refractivity contribution in [2.75, 3.05) is 6.61 Å². The first-order chi connectivity index (χ1) is 29.5. The Labute approximate surface area is 375 Å². The van der Waals surface area contributed by atoms with E-state index in [2.05, 4.69) is 31.3 Å². The van der Waals surface area contributed by atoms with Gasteiger partial charge in [-0.25, -0.2) is 0 Å². The van der Waals surface area contributed by atoms with Gasteiger partial charge in [0, 0.05) is 0 Å². The van der Waals surface area contributed by atoms with Crippen LogP contribution in [0, 0.1) is 0 Å². The van der Waals surface area contributed by atoms with Crippen molar-refractivity contribution in [1.82, 2.24) is 5.32 Å². The molecule has 0 radical (unpaired) electrons. The van der Waals surface area contributed by atoms with Gasteiger partial charge >= 0.3 is 0 Å². The van der Waals surface area contributed by atoms with Gasteiger partial charge in [0.15, 0.2) is 0 Å². The average Bonchev–Trinajstić information content (AvgIpc) is 3.24. The second kappa shape index (κ2) is 50.5. The Kier molecular flexibility index (Phi) is 49.5. The van der Waals surface area contributed by atoms with Crippen LogP contribution in [0.3, 0.4) is 0 Å². The highest BCUT2D eigenvalue weighted by Gasteiger charge is 2.20. The first-order valence-corrected chi connectivity index (χ1v) is 27.1. The minimum atomic E-state index is -0.948. The monoisotopic (exact) mass is 846 g/mol. The van der Waals surface area contributed by atoms with Crippen molar-refractivity contribution in [3.05, 3.63) is 24.3 Å². The van der Waals surface area contributed by atoms with Crippen molar-refractivity contribution < 1.29 is 20.1 Å². The highest BCUT2D eigenvalue weighted by atomic mass is 16.3. The molecule has 4 N–H and O–H groups in total. The molecule has 0 aromatic carbocycles. The zero-order chi connectivity index (χ0) is 43.7. The van der Waals surface area contributed by atoms with Crippen LogP contribution in [0.15, 0.2) is 24.3 Å². The van der Waals surface area contributed by atoms with Crippen LogP contribution >= 0.6 is 0 Å². The van der Waals surface area contributed by atoms with Crippen LogP contribution in [0.5, 0.6) is 0 Å². The molecule has 356 valence electrons. The second-order valence-corrected chi connectivity index (χ2v) is 18.8. The number of unbranched alkanes of at least 4 members (excludes halogenated alkanes) is 39. The number of amides is 1. The first-order valence-electron chi connectivity index (χ1n) is 27.1. The van der Waals surface area contributed by atoms with E-state index in [9.17, 15) is 20.1 Å². The van der Waals surface area contributed by atoms with Gasteiger partial charge < -0.3 is 20.6 Å². The van der Waals surface area contributed by atoms with Crippen molar-refractivity contribution in [2.45, 2.75) is 315 Å². The van der Waals surface area contributed by atoms with Crippen LogP contribution in [-0.2, 0) is 4.79 Å². The Bertz CT molecular complexity index is 890. The van der Waals surface area contributed by atoms with Crippen LogP contribution in [0.1, 0.15) is 296 Å². The topological polar surface area (TPSA) is 89.8 Å². The van der Waals surface area contributed by atoms with Gasteiger partial charge in [0.05, 0.1) is 31.3 Å². The van der Waals surface area contributed by atoms with Crippen LogP contribution in [0.25, 0.3) is 0 Å². The molecule has 0 aliphatic heterocycles. The summed E-state index contributed by atoms with van der Waals surface area (Å²) in [5, 5.41) is 33.2. The highest BCUT2D eigenvalue weighted by molar-refractivity contribution is 5.76. The number of rotatable bonds is 50. The summed E-state index contributed by atoms with van der Waals surface area (Å²) >= 11 is 0. The SMILES string of the molecule is CCCCCCCC/C=C/CC/C=C/C(O)C(CO)NC(=O)CC(O)CCCCCCCCCCCCCCCCCCCCCCCCCCCCCCCCCCC. The molecule has 5 nitrogen and oxygen atoms in total. The fraction of sp³-hybridized carbons (Fsp3) is 0.909. The maximum atomic E-state index is 12.5. The third-order valence-corrected chi connectivity index (χ3v) is 12.7. The van der Waals surface area contributed by atoms with E-state index < -0.39 is 18.2 Å². The number of allylic oxidation sites excluding steroid dienone is 3. The largest absolute Gasteiger partial charge is 0.394 e. The molecular weight excluding hydrogens is 739 g/mol. The fourth-order valence-electron chi connectivity index (χ4n) is 8.59. The van der Waals surface area contributed by atoms with Crippen molar-refractivity contribution in [1.29, 1.82) is 0 Å². The predicted octanol–water partition coefficient (Wildman–Crippen LogP) is 16.5. The van der Waals surface area contributed by atoms with E-state index in [1.54, 1.807) is 6.08 Å². The van der Waals surface area contributed by atoms with E-state index in [0.29, 0.717) is 6.42 Å². The number of nitrogens with one attached hydrogen (secondary N) is 1. The lowest BCUT2D eigenvalue weighted by molar-refractivity contribution is -0.124. The molecule has 0 fully saturated rings. The van der Waals surface area contributed by atoms with Gasteiger partial charge in [-0.2, -0.15) is 0 Å². The Morgan fingerprint density at radius 1 is 0.417 bits per heavy atom. The van der Waals surface area contributed by atoms with Crippen molar-refractivity contribution in [3.8, 4) is 0 Å². The summed E-state index contributed by atoms with van der Waals surface area (Å²) in [5.74, 6) is -0.322. The summed E-state index contributed by atoms with van der Waals surface area (Å²) in [5.41, 5.74) is 0.